The molecule has 2 aromatic carbocycles. The highest BCUT2D eigenvalue weighted by Gasteiger charge is 2.30. The van der Waals surface area contributed by atoms with Crippen molar-refractivity contribution in [3.8, 4) is 22.7 Å². The molecule has 0 aliphatic rings. The molecule has 0 bridgehead atoms. The molecule has 0 atom stereocenters. The van der Waals surface area contributed by atoms with Gasteiger partial charge in [-0.15, -0.1) is 13.2 Å². The molecule has 0 unspecified atom stereocenters. The van der Waals surface area contributed by atoms with E-state index in [4.69, 9.17) is 0 Å². The molecule has 156 valence electrons. The summed E-state index contributed by atoms with van der Waals surface area (Å²) in [6.07, 6.45) is 0.170. The van der Waals surface area contributed by atoms with E-state index in [2.05, 4.69) is 20.1 Å². The highest BCUT2D eigenvalue weighted by atomic mass is 19.4. The van der Waals surface area contributed by atoms with Crippen molar-refractivity contribution in [2.24, 2.45) is 0 Å². The number of amides is 1. The number of carbonyl (C=O) groups excluding carboxylic acids is 1. The van der Waals surface area contributed by atoms with Crippen LogP contribution in [0.2, 0.25) is 0 Å². The Bertz CT molecular complexity index is 1170. The third-order valence-electron chi connectivity index (χ3n) is 4.27. The third kappa shape index (κ3) is 5.08. The van der Waals surface area contributed by atoms with Gasteiger partial charge in [0, 0.05) is 23.6 Å². The van der Waals surface area contributed by atoms with Gasteiger partial charge in [0.25, 0.3) is 5.91 Å². The first kappa shape index (κ1) is 20.1. The third-order valence-corrected chi connectivity index (χ3v) is 4.27. The van der Waals surface area contributed by atoms with Gasteiger partial charge in [-0.1, -0.05) is 18.2 Å². The number of hydrogen-bond acceptors (Lipinski definition) is 4. The van der Waals surface area contributed by atoms with E-state index < -0.39 is 12.3 Å². The summed E-state index contributed by atoms with van der Waals surface area (Å²) in [4.78, 5) is 16.7. The molecule has 0 saturated heterocycles. The van der Waals surface area contributed by atoms with Crippen LogP contribution in [0.3, 0.4) is 0 Å². The summed E-state index contributed by atoms with van der Waals surface area (Å²) in [5, 5.41) is 6.92. The molecule has 4 aromatic rings. The van der Waals surface area contributed by atoms with E-state index >= 15 is 0 Å². The number of hydrogen-bond donors (Lipinski definition) is 1. The summed E-state index contributed by atoms with van der Waals surface area (Å²) in [6.45, 7) is 0. The van der Waals surface area contributed by atoms with Gasteiger partial charge >= 0.3 is 6.36 Å². The fourth-order valence-electron chi connectivity index (χ4n) is 2.82. The molecular formula is C22H15F3N4O2. The normalized spacial score (nSPS) is 11.2. The number of carbonyl (C=O) groups is 1. The van der Waals surface area contributed by atoms with Crippen molar-refractivity contribution >= 4 is 11.6 Å². The summed E-state index contributed by atoms with van der Waals surface area (Å²) in [5.41, 5.74) is 2.97. The zero-order valence-corrected chi connectivity index (χ0v) is 15.9. The highest BCUT2D eigenvalue weighted by molar-refractivity contribution is 6.04. The topological polar surface area (TPSA) is 69.0 Å². The minimum atomic E-state index is -4.77. The largest absolute Gasteiger partial charge is 0.573 e. The Labute approximate surface area is 174 Å². The number of para-hydroxylation sites is 1. The maximum atomic E-state index is 12.4. The molecule has 1 N–H and O–H groups in total. The molecule has 0 fully saturated rings. The van der Waals surface area contributed by atoms with E-state index in [0.717, 1.165) is 23.4 Å². The summed E-state index contributed by atoms with van der Waals surface area (Å²) in [7, 11) is 0. The van der Waals surface area contributed by atoms with Gasteiger partial charge in [0.1, 0.15) is 5.75 Å². The van der Waals surface area contributed by atoms with Crippen molar-refractivity contribution < 1.29 is 22.7 Å². The van der Waals surface area contributed by atoms with Crippen LogP contribution in [0.1, 0.15) is 10.4 Å². The van der Waals surface area contributed by atoms with Crippen molar-refractivity contribution in [3.63, 3.8) is 0 Å². The Kier molecular flexibility index (Phi) is 5.40. The summed E-state index contributed by atoms with van der Waals surface area (Å²) < 4.78 is 42.2. The van der Waals surface area contributed by atoms with E-state index in [1.165, 1.54) is 18.3 Å². The molecule has 6 nitrogen and oxygen atoms in total. The first-order valence-electron chi connectivity index (χ1n) is 9.11. The predicted molar refractivity (Wildman–Crippen MR) is 108 cm³/mol. The van der Waals surface area contributed by atoms with Crippen molar-refractivity contribution in [1.29, 1.82) is 0 Å². The maximum absolute atomic E-state index is 12.4. The highest BCUT2D eigenvalue weighted by Crippen LogP contribution is 2.24. The molecule has 0 radical (unpaired) electrons. The molecular weight excluding hydrogens is 409 g/mol. The van der Waals surface area contributed by atoms with E-state index in [1.54, 1.807) is 23.0 Å². The number of pyridine rings is 1. The molecule has 1 amide bonds. The van der Waals surface area contributed by atoms with Gasteiger partial charge in [-0.2, -0.15) is 5.10 Å². The Morgan fingerprint density at radius 1 is 0.935 bits per heavy atom. The predicted octanol–water partition coefficient (Wildman–Crippen LogP) is 5.09. The van der Waals surface area contributed by atoms with Crippen LogP contribution in [0, 0.1) is 0 Å². The van der Waals surface area contributed by atoms with Gasteiger partial charge in [-0.3, -0.25) is 9.78 Å². The molecule has 2 heterocycles. The van der Waals surface area contributed by atoms with E-state index in [0.29, 0.717) is 16.9 Å². The molecule has 0 spiro atoms. The lowest BCUT2D eigenvalue weighted by atomic mass is 10.2. The quantitative estimate of drug-likeness (QED) is 0.485. The molecule has 2 aromatic heterocycles. The summed E-state index contributed by atoms with van der Waals surface area (Å²) in [6, 6.07) is 17.8. The zero-order chi connectivity index (χ0) is 21.8. The number of alkyl halides is 3. The molecule has 0 aliphatic heterocycles. The molecule has 0 saturated carbocycles. The number of halogens is 3. The molecule has 9 heteroatoms. The first-order chi connectivity index (χ1) is 14.9. The Balaban J connectivity index is 1.42. The number of rotatable bonds is 5. The average Bonchev–Trinajstić information content (AvgIpc) is 3.25. The van der Waals surface area contributed by atoms with Crippen LogP contribution < -0.4 is 10.1 Å². The number of nitrogens with zero attached hydrogens (tertiary/aromatic N) is 3. The summed E-state index contributed by atoms with van der Waals surface area (Å²) >= 11 is 0. The standard InChI is InChI=1S/C22H15F3N4O2/c23-22(24,25)31-19-9-7-17(8-10-19)28-21(30)15-6-11-20(26-12-15)16-13-27-29(14-16)18-4-2-1-3-5-18/h1-14H,(H,28,30). The Morgan fingerprint density at radius 3 is 2.32 bits per heavy atom. The fraction of sp³-hybridized carbons (Fsp3) is 0.0455. The number of benzene rings is 2. The van der Waals surface area contributed by atoms with E-state index in [-0.39, 0.29) is 5.75 Å². The lowest BCUT2D eigenvalue weighted by Gasteiger charge is -2.10. The SMILES string of the molecule is O=C(Nc1ccc(OC(F)(F)F)cc1)c1ccc(-c2cnn(-c3ccccc3)c2)nc1. The average molecular weight is 424 g/mol. The summed E-state index contributed by atoms with van der Waals surface area (Å²) in [5.74, 6) is -0.809. The van der Waals surface area contributed by atoms with Crippen LogP contribution in [0.4, 0.5) is 18.9 Å². The first-order valence-corrected chi connectivity index (χ1v) is 9.11. The van der Waals surface area contributed by atoms with Gasteiger partial charge in [0.15, 0.2) is 0 Å². The van der Waals surface area contributed by atoms with E-state index in [1.807, 2.05) is 36.5 Å². The van der Waals surface area contributed by atoms with Gasteiger partial charge in [0.2, 0.25) is 0 Å². The van der Waals surface area contributed by atoms with Crippen molar-refractivity contribution in [2.45, 2.75) is 6.36 Å². The Hall–Kier alpha value is -4.14. The lowest BCUT2D eigenvalue weighted by molar-refractivity contribution is -0.274. The fourth-order valence-corrected chi connectivity index (χ4v) is 2.82. The smallest absolute Gasteiger partial charge is 0.406 e. The lowest BCUT2D eigenvalue weighted by Crippen LogP contribution is -2.17. The molecule has 4 rings (SSSR count). The van der Waals surface area contributed by atoms with Crippen LogP contribution in [-0.2, 0) is 0 Å². The zero-order valence-electron chi connectivity index (χ0n) is 15.9. The number of aromatic nitrogens is 3. The van der Waals surface area contributed by atoms with Crippen LogP contribution >= 0.6 is 0 Å². The second kappa shape index (κ2) is 8.31. The van der Waals surface area contributed by atoms with Crippen molar-refractivity contribution in [1.82, 2.24) is 14.8 Å². The second-order valence-electron chi connectivity index (χ2n) is 6.47. The number of anilines is 1. The van der Waals surface area contributed by atoms with Crippen LogP contribution in [0.15, 0.2) is 85.3 Å². The minimum Gasteiger partial charge on any atom is -0.406 e. The molecule has 0 aliphatic carbocycles. The van der Waals surface area contributed by atoms with Crippen molar-refractivity contribution in [3.05, 3.63) is 90.9 Å². The van der Waals surface area contributed by atoms with Gasteiger partial charge < -0.3 is 10.1 Å². The minimum absolute atomic E-state index is 0.301. The molecule has 31 heavy (non-hydrogen) atoms. The van der Waals surface area contributed by atoms with Gasteiger partial charge in [-0.25, -0.2) is 4.68 Å². The van der Waals surface area contributed by atoms with Crippen LogP contribution in [-0.4, -0.2) is 27.0 Å². The Morgan fingerprint density at radius 2 is 1.68 bits per heavy atom. The van der Waals surface area contributed by atoms with E-state index in [9.17, 15) is 18.0 Å². The van der Waals surface area contributed by atoms with Crippen LogP contribution in [0.25, 0.3) is 16.9 Å². The monoisotopic (exact) mass is 424 g/mol. The second-order valence-corrected chi connectivity index (χ2v) is 6.47. The van der Waals surface area contributed by atoms with Gasteiger partial charge in [-0.05, 0) is 48.5 Å². The number of ether oxygens (including phenoxy) is 1. The van der Waals surface area contributed by atoms with Gasteiger partial charge in [0.05, 0.1) is 23.1 Å². The van der Waals surface area contributed by atoms with Crippen molar-refractivity contribution in [2.75, 3.05) is 5.32 Å². The van der Waals surface area contributed by atoms with Crippen LogP contribution in [0.5, 0.6) is 5.75 Å². The number of nitrogens with one attached hydrogen (secondary N) is 1. The maximum Gasteiger partial charge on any atom is 0.573 e.